The minimum Gasteiger partial charge on any atom is -0.352 e. The van der Waals surface area contributed by atoms with Crippen molar-refractivity contribution in [1.82, 2.24) is 10.6 Å². The van der Waals surface area contributed by atoms with Gasteiger partial charge in [0.15, 0.2) is 0 Å². The fourth-order valence-electron chi connectivity index (χ4n) is 2.19. The van der Waals surface area contributed by atoms with Gasteiger partial charge >= 0.3 is 0 Å². The minimum atomic E-state index is 0.0567. The number of hydrogen-bond acceptors (Lipinski definition) is 2. The van der Waals surface area contributed by atoms with Gasteiger partial charge in [0, 0.05) is 12.1 Å². The lowest BCUT2D eigenvalue weighted by molar-refractivity contribution is 0.0952. The van der Waals surface area contributed by atoms with Gasteiger partial charge in [-0.1, -0.05) is 44.9 Å². The number of nitrogens with one attached hydrogen (secondary N) is 2. The van der Waals surface area contributed by atoms with E-state index in [2.05, 4.69) is 24.5 Å². The number of unbranched alkanes of at least 4 members (excludes halogenated alkanes) is 1. The molecular formula is C17H28N2O. The molecule has 112 valence electrons. The lowest BCUT2D eigenvalue weighted by Crippen LogP contribution is -2.26. The molecule has 3 heteroatoms. The highest BCUT2D eigenvalue weighted by molar-refractivity contribution is 5.95. The highest BCUT2D eigenvalue weighted by Crippen LogP contribution is 2.10. The van der Waals surface area contributed by atoms with Gasteiger partial charge in [0.1, 0.15) is 0 Å². The van der Waals surface area contributed by atoms with Crippen molar-refractivity contribution in [1.29, 1.82) is 0 Å². The lowest BCUT2D eigenvalue weighted by atomic mass is 10.0. The Bertz CT molecular complexity index is 402. The molecule has 0 spiro atoms. The van der Waals surface area contributed by atoms with Crippen LogP contribution in [0.1, 0.15) is 49.0 Å². The standard InChI is InChI=1S/C17H28N2O/c1-14(2)8-6-7-12-19-17(20)16-10-5-4-9-15(16)11-13-18-3/h4-5,9-10,14,18H,6-8,11-13H2,1-3H3,(H,19,20). The van der Waals surface area contributed by atoms with E-state index in [9.17, 15) is 4.79 Å². The molecule has 0 aromatic heterocycles. The fourth-order valence-corrected chi connectivity index (χ4v) is 2.19. The summed E-state index contributed by atoms with van der Waals surface area (Å²) in [4.78, 5) is 12.2. The highest BCUT2D eigenvalue weighted by atomic mass is 16.1. The van der Waals surface area contributed by atoms with E-state index in [0.717, 1.165) is 43.0 Å². The van der Waals surface area contributed by atoms with Crippen LogP contribution < -0.4 is 10.6 Å². The van der Waals surface area contributed by atoms with E-state index in [1.807, 2.05) is 31.3 Å². The Kier molecular flexibility index (Phi) is 7.97. The fraction of sp³-hybridized carbons (Fsp3) is 0.588. The van der Waals surface area contributed by atoms with Crippen molar-refractivity contribution >= 4 is 5.91 Å². The van der Waals surface area contributed by atoms with Crippen LogP contribution in [0, 0.1) is 5.92 Å². The van der Waals surface area contributed by atoms with Crippen LogP contribution in [-0.4, -0.2) is 26.0 Å². The summed E-state index contributed by atoms with van der Waals surface area (Å²) < 4.78 is 0. The van der Waals surface area contributed by atoms with E-state index in [-0.39, 0.29) is 5.91 Å². The van der Waals surface area contributed by atoms with Gasteiger partial charge < -0.3 is 10.6 Å². The van der Waals surface area contributed by atoms with E-state index < -0.39 is 0 Å². The van der Waals surface area contributed by atoms with E-state index in [0.29, 0.717) is 0 Å². The van der Waals surface area contributed by atoms with Crippen LogP contribution in [0.25, 0.3) is 0 Å². The predicted molar refractivity (Wildman–Crippen MR) is 85.1 cm³/mol. The van der Waals surface area contributed by atoms with Crippen molar-refractivity contribution in [3.8, 4) is 0 Å². The molecule has 0 atom stereocenters. The maximum atomic E-state index is 12.2. The Hall–Kier alpha value is -1.35. The van der Waals surface area contributed by atoms with E-state index in [1.54, 1.807) is 0 Å². The second-order valence-electron chi connectivity index (χ2n) is 5.66. The summed E-state index contributed by atoms with van der Waals surface area (Å²) in [5.41, 5.74) is 1.92. The first-order valence-electron chi connectivity index (χ1n) is 7.66. The SMILES string of the molecule is CNCCc1ccccc1C(=O)NCCCCC(C)C. The van der Waals surface area contributed by atoms with Gasteiger partial charge in [0.05, 0.1) is 0 Å². The number of amides is 1. The van der Waals surface area contributed by atoms with Crippen molar-refractivity contribution in [2.24, 2.45) is 5.92 Å². The summed E-state index contributed by atoms with van der Waals surface area (Å²) in [6, 6.07) is 7.86. The summed E-state index contributed by atoms with van der Waals surface area (Å²) in [6.07, 6.45) is 4.35. The molecule has 0 bridgehead atoms. The van der Waals surface area contributed by atoms with Gasteiger partial charge in [-0.25, -0.2) is 0 Å². The molecule has 3 nitrogen and oxygen atoms in total. The first-order valence-corrected chi connectivity index (χ1v) is 7.66. The van der Waals surface area contributed by atoms with Crippen LogP contribution in [0.4, 0.5) is 0 Å². The largest absolute Gasteiger partial charge is 0.352 e. The molecule has 0 aliphatic carbocycles. The van der Waals surface area contributed by atoms with Crippen molar-refractivity contribution in [2.75, 3.05) is 20.1 Å². The molecule has 20 heavy (non-hydrogen) atoms. The molecule has 1 aromatic rings. The predicted octanol–water partition coefficient (Wildman–Crippen LogP) is 3.00. The summed E-state index contributed by atoms with van der Waals surface area (Å²) in [7, 11) is 1.93. The highest BCUT2D eigenvalue weighted by Gasteiger charge is 2.09. The Balaban J connectivity index is 2.42. The molecule has 1 amide bonds. The van der Waals surface area contributed by atoms with Gasteiger partial charge in [-0.05, 0) is 44.0 Å². The molecule has 0 heterocycles. The number of benzene rings is 1. The molecule has 0 saturated carbocycles. The van der Waals surface area contributed by atoms with E-state index in [4.69, 9.17) is 0 Å². The molecule has 2 N–H and O–H groups in total. The molecule has 0 aliphatic heterocycles. The van der Waals surface area contributed by atoms with Crippen LogP contribution >= 0.6 is 0 Å². The second-order valence-corrected chi connectivity index (χ2v) is 5.66. The molecule has 0 aliphatic rings. The topological polar surface area (TPSA) is 41.1 Å². The summed E-state index contributed by atoms with van der Waals surface area (Å²) in [6.45, 7) is 6.12. The van der Waals surface area contributed by atoms with Crippen LogP contribution in [0.3, 0.4) is 0 Å². The summed E-state index contributed by atoms with van der Waals surface area (Å²) in [5.74, 6) is 0.800. The molecule has 1 aromatic carbocycles. The lowest BCUT2D eigenvalue weighted by Gasteiger charge is -2.10. The normalized spacial score (nSPS) is 10.8. The van der Waals surface area contributed by atoms with E-state index >= 15 is 0 Å². The maximum Gasteiger partial charge on any atom is 0.251 e. The molecule has 0 unspecified atom stereocenters. The van der Waals surface area contributed by atoms with Crippen LogP contribution in [0.5, 0.6) is 0 Å². The average molecular weight is 276 g/mol. The Morgan fingerprint density at radius 1 is 1.15 bits per heavy atom. The van der Waals surface area contributed by atoms with Gasteiger partial charge in [0.25, 0.3) is 5.91 Å². The number of carbonyl (C=O) groups excluding carboxylic acids is 1. The molecular weight excluding hydrogens is 248 g/mol. The minimum absolute atomic E-state index is 0.0567. The number of carbonyl (C=O) groups is 1. The first kappa shape index (κ1) is 16.7. The van der Waals surface area contributed by atoms with Gasteiger partial charge in [-0.2, -0.15) is 0 Å². The average Bonchev–Trinajstić information content (AvgIpc) is 2.44. The quantitative estimate of drug-likeness (QED) is 0.681. The third kappa shape index (κ3) is 6.20. The van der Waals surface area contributed by atoms with Crippen molar-refractivity contribution in [3.63, 3.8) is 0 Å². The smallest absolute Gasteiger partial charge is 0.251 e. The Labute approximate surface area is 123 Å². The molecule has 1 rings (SSSR count). The van der Waals surface area contributed by atoms with Crippen molar-refractivity contribution in [2.45, 2.75) is 39.5 Å². The number of rotatable bonds is 9. The van der Waals surface area contributed by atoms with Crippen LogP contribution in [-0.2, 0) is 6.42 Å². The van der Waals surface area contributed by atoms with Crippen molar-refractivity contribution < 1.29 is 4.79 Å². The third-order valence-electron chi connectivity index (χ3n) is 3.40. The molecule has 0 radical (unpaired) electrons. The Morgan fingerprint density at radius 3 is 2.60 bits per heavy atom. The monoisotopic (exact) mass is 276 g/mol. The first-order chi connectivity index (χ1) is 9.65. The summed E-state index contributed by atoms with van der Waals surface area (Å²) >= 11 is 0. The van der Waals surface area contributed by atoms with E-state index in [1.165, 1.54) is 12.8 Å². The zero-order chi connectivity index (χ0) is 14.8. The van der Waals surface area contributed by atoms with Crippen LogP contribution in [0.15, 0.2) is 24.3 Å². The van der Waals surface area contributed by atoms with Gasteiger partial charge in [0.2, 0.25) is 0 Å². The van der Waals surface area contributed by atoms with Crippen molar-refractivity contribution in [3.05, 3.63) is 35.4 Å². The second kappa shape index (κ2) is 9.54. The molecule has 0 saturated heterocycles. The third-order valence-corrected chi connectivity index (χ3v) is 3.40. The summed E-state index contributed by atoms with van der Waals surface area (Å²) in [5, 5.41) is 6.15. The number of likely N-dealkylation sites (N-methyl/N-ethyl adjacent to an activating group) is 1. The zero-order valence-corrected chi connectivity index (χ0v) is 13.0. The number of hydrogen-bond donors (Lipinski definition) is 2. The molecule has 0 fully saturated rings. The van der Waals surface area contributed by atoms with Gasteiger partial charge in [-0.15, -0.1) is 0 Å². The zero-order valence-electron chi connectivity index (χ0n) is 13.0. The maximum absolute atomic E-state index is 12.2. The Morgan fingerprint density at radius 2 is 1.90 bits per heavy atom. The van der Waals surface area contributed by atoms with Crippen LogP contribution in [0.2, 0.25) is 0 Å². The van der Waals surface area contributed by atoms with Gasteiger partial charge in [-0.3, -0.25) is 4.79 Å².